The highest BCUT2D eigenvalue weighted by atomic mass is 16.5. The molecule has 4 bridgehead atoms. The normalized spacial score (nSPS) is 26.3. The van der Waals surface area contributed by atoms with E-state index in [0.717, 1.165) is 67.4 Å². The molecular weight excluding hydrogens is 566 g/mol. The van der Waals surface area contributed by atoms with Gasteiger partial charge in [-0.05, 0) is 55.7 Å². The molecule has 10 nitrogen and oxygen atoms in total. The molecule has 0 amide bonds. The average molecular weight is 606 g/mol. The highest BCUT2D eigenvalue weighted by Crippen LogP contribution is 2.45. The van der Waals surface area contributed by atoms with E-state index in [1.165, 1.54) is 31.2 Å². The van der Waals surface area contributed by atoms with Gasteiger partial charge >= 0.3 is 0 Å². The van der Waals surface area contributed by atoms with Crippen LogP contribution in [0.2, 0.25) is 0 Å². The zero-order valence-corrected chi connectivity index (χ0v) is 25.7. The molecule has 10 heteroatoms. The highest BCUT2D eigenvalue weighted by Gasteiger charge is 2.41. The predicted molar refractivity (Wildman–Crippen MR) is 168 cm³/mol. The van der Waals surface area contributed by atoms with Crippen molar-refractivity contribution < 1.29 is 14.2 Å². The first-order valence-electron chi connectivity index (χ1n) is 16.2. The fourth-order valence-corrected chi connectivity index (χ4v) is 8.24. The Balaban J connectivity index is 0.981. The molecule has 0 N–H and O–H groups in total. The first-order chi connectivity index (χ1) is 22.2. The summed E-state index contributed by atoms with van der Waals surface area (Å²) in [6.45, 7) is 5.12. The van der Waals surface area contributed by atoms with Crippen LogP contribution in [0.5, 0.6) is 11.6 Å². The molecule has 5 unspecified atom stereocenters. The molecule has 5 fully saturated rings. The van der Waals surface area contributed by atoms with Crippen LogP contribution in [0.15, 0.2) is 55.1 Å². The number of nitrogens with zero attached hydrogens (tertiary/aromatic N) is 7. The second-order valence-electron chi connectivity index (χ2n) is 13.0. The van der Waals surface area contributed by atoms with Gasteiger partial charge in [-0.15, -0.1) is 0 Å². The lowest BCUT2D eigenvalue weighted by molar-refractivity contribution is -0.0190. The largest absolute Gasteiger partial charge is 0.491 e. The number of ether oxygens (including phenoxy) is 3. The molecule has 232 valence electrons. The molecular formula is C35H39N7O3. The van der Waals surface area contributed by atoms with Crippen molar-refractivity contribution in [2.45, 2.75) is 62.7 Å². The van der Waals surface area contributed by atoms with Gasteiger partial charge in [-0.2, -0.15) is 10.4 Å². The predicted octanol–water partition coefficient (Wildman–Crippen LogP) is 4.68. The van der Waals surface area contributed by atoms with Crippen LogP contribution >= 0.6 is 0 Å². The molecule has 4 aliphatic heterocycles. The average Bonchev–Trinajstić information content (AvgIpc) is 3.60. The van der Waals surface area contributed by atoms with Crippen molar-refractivity contribution in [1.29, 1.82) is 5.26 Å². The van der Waals surface area contributed by atoms with Crippen LogP contribution in [-0.2, 0) is 11.3 Å². The number of hydrogen-bond acceptors (Lipinski definition) is 9. The van der Waals surface area contributed by atoms with Gasteiger partial charge in [0.15, 0.2) is 0 Å². The third-order valence-corrected chi connectivity index (χ3v) is 10.5. The molecule has 0 aromatic carbocycles. The van der Waals surface area contributed by atoms with Gasteiger partial charge in [-0.25, -0.2) is 9.50 Å². The van der Waals surface area contributed by atoms with Crippen molar-refractivity contribution in [2.24, 2.45) is 5.92 Å². The number of piperidine rings is 2. The Morgan fingerprint density at radius 2 is 1.87 bits per heavy atom. The molecule has 9 rings (SSSR count). The number of pyridine rings is 3. The van der Waals surface area contributed by atoms with Gasteiger partial charge in [0, 0.05) is 79.0 Å². The summed E-state index contributed by atoms with van der Waals surface area (Å²) in [5.41, 5.74) is 5.60. The number of morpholine rings is 1. The van der Waals surface area contributed by atoms with Crippen LogP contribution in [0, 0.1) is 17.2 Å². The lowest BCUT2D eigenvalue weighted by Crippen LogP contribution is -2.50. The molecule has 1 saturated carbocycles. The van der Waals surface area contributed by atoms with E-state index in [0.29, 0.717) is 48.0 Å². The Labute approximate surface area is 263 Å². The van der Waals surface area contributed by atoms with E-state index in [1.54, 1.807) is 17.8 Å². The second-order valence-corrected chi connectivity index (χ2v) is 13.0. The van der Waals surface area contributed by atoms with E-state index in [4.69, 9.17) is 19.2 Å². The van der Waals surface area contributed by atoms with E-state index >= 15 is 0 Å². The summed E-state index contributed by atoms with van der Waals surface area (Å²) in [5.74, 6) is 2.44. The summed E-state index contributed by atoms with van der Waals surface area (Å²) in [4.78, 5) is 14.6. The summed E-state index contributed by atoms with van der Waals surface area (Å²) in [6.07, 6.45) is 13.4. The second kappa shape index (κ2) is 12.0. The minimum absolute atomic E-state index is 0.456. The van der Waals surface area contributed by atoms with Crippen LogP contribution in [0.25, 0.3) is 16.6 Å². The Morgan fingerprint density at radius 3 is 2.58 bits per heavy atom. The summed E-state index contributed by atoms with van der Waals surface area (Å²) in [7, 11) is 1.65. The zero-order valence-electron chi connectivity index (χ0n) is 25.7. The first-order valence-corrected chi connectivity index (χ1v) is 16.2. The molecule has 0 radical (unpaired) electrons. The number of rotatable bonds is 9. The van der Waals surface area contributed by atoms with Gasteiger partial charge in [0.05, 0.1) is 43.8 Å². The van der Waals surface area contributed by atoms with Crippen LogP contribution < -0.4 is 9.47 Å². The SMILES string of the molecule is COc1ccc(CN2CC3CCC2CC3c2ccc(-c3cc(OCCN4C5CCC4COC5)cn4ncc(C#N)c34)cn2)cn1. The Kier molecular flexibility index (Phi) is 7.61. The summed E-state index contributed by atoms with van der Waals surface area (Å²) < 4.78 is 19.0. The smallest absolute Gasteiger partial charge is 0.212 e. The summed E-state index contributed by atoms with van der Waals surface area (Å²) in [5, 5.41) is 14.3. The van der Waals surface area contributed by atoms with Gasteiger partial charge in [0.2, 0.25) is 5.88 Å². The Hall–Kier alpha value is -4.04. The lowest BCUT2D eigenvalue weighted by Gasteiger charge is -2.49. The van der Waals surface area contributed by atoms with Gasteiger partial charge in [-0.3, -0.25) is 14.8 Å². The minimum atomic E-state index is 0.456. The maximum atomic E-state index is 9.84. The monoisotopic (exact) mass is 605 g/mol. The van der Waals surface area contributed by atoms with Crippen molar-refractivity contribution in [3.05, 3.63) is 71.9 Å². The molecule has 1 aliphatic carbocycles. The minimum Gasteiger partial charge on any atom is -0.491 e. The molecule has 5 aliphatic rings. The number of methoxy groups -OCH3 is 1. The number of hydrogen-bond donors (Lipinski definition) is 0. The van der Waals surface area contributed by atoms with Gasteiger partial charge < -0.3 is 14.2 Å². The third-order valence-electron chi connectivity index (χ3n) is 10.5. The Bertz CT molecular complexity index is 1680. The zero-order chi connectivity index (χ0) is 30.3. The maximum absolute atomic E-state index is 9.84. The number of nitriles is 1. The van der Waals surface area contributed by atoms with Gasteiger partial charge in [-0.1, -0.05) is 12.1 Å². The molecule has 8 heterocycles. The van der Waals surface area contributed by atoms with Crippen LogP contribution in [0.1, 0.15) is 54.8 Å². The lowest BCUT2D eigenvalue weighted by atomic mass is 9.70. The van der Waals surface area contributed by atoms with E-state index in [-0.39, 0.29) is 0 Å². The van der Waals surface area contributed by atoms with Crippen LogP contribution in [0.3, 0.4) is 0 Å². The third kappa shape index (κ3) is 5.43. The van der Waals surface area contributed by atoms with Crippen molar-refractivity contribution in [2.75, 3.05) is 40.0 Å². The molecule has 0 spiro atoms. The van der Waals surface area contributed by atoms with Crippen molar-refractivity contribution in [1.82, 2.24) is 29.4 Å². The number of fused-ring (bicyclic) bond motifs is 6. The van der Waals surface area contributed by atoms with E-state index < -0.39 is 0 Å². The molecule has 45 heavy (non-hydrogen) atoms. The molecule has 4 aromatic heterocycles. The first kappa shape index (κ1) is 28.4. The topological polar surface area (TPSA) is 101 Å². The van der Waals surface area contributed by atoms with Crippen molar-refractivity contribution >= 4 is 5.52 Å². The van der Waals surface area contributed by atoms with Crippen LogP contribution in [0.4, 0.5) is 0 Å². The van der Waals surface area contributed by atoms with Gasteiger partial charge in [0.1, 0.15) is 18.4 Å². The standard InChI is InChI=1S/C35H39N7O3/c1-43-34-9-2-23(15-38-34)18-40-19-25-3-5-27(40)12-31(25)33-8-4-24(16-37-33)32-13-30(20-42-35(32)26(14-36)17-39-42)45-11-10-41-28-6-7-29(41)22-44-21-28/h2,4,8-9,13,15-17,20,25,27-29,31H,3,5-7,10-12,18-19,21-22H2,1H3. The molecule has 5 atom stereocenters. The summed E-state index contributed by atoms with van der Waals surface area (Å²) >= 11 is 0. The van der Waals surface area contributed by atoms with Gasteiger partial charge in [0.25, 0.3) is 0 Å². The molecule has 4 saturated heterocycles. The quantitative estimate of drug-likeness (QED) is 0.269. The molecule has 4 aromatic rings. The van der Waals surface area contributed by atoms with Crippen LogP contribution in [-0.4, -0.2) is 87.5 Å². The van der Waals surface area contributed by atoms with E-state index in [1.807, 2.05) is 30.7 Å². The van der Waals surface area contributed by atoms with Crippen molar-refractivity contribution in [3.8, 4) is 28.8 Å². The fraction of sp³-hybridized carbons (Fsp3) is 0.486. The van der Waals surface area contributed by atoms with Crippen molar-refractivity contribution in [3.63, 3.8) is 0 Å². The van der Waals surface area contributed by atoms with E-state index in [9.17, 15) is 5.26 Å². The Morgan fingerprint density at radius 1 is 1.00 bits per heavy atom. The number of aromatic nitrogens is 4. The van der Waals surface area contributed by atoms with E-state index in [2.05, 4.69) is 44.2 Å². The maximum Gasteiger partial charge on any atom is 0.212 e. The summed E-state index contributed by atoms with van der Waals surface area (Å²) in [6, 6.07) is 14.3. The highest BCUT2D eigenvalue weighted by molar-refractivity contribution is 5.85. The fourth-order valence-electron chi connectivity index (χ4n) is 8.24.